The molecule has 1 aromatic rings. The SMILES string of the molecule is CC1CCC(CCCCNc2ccc(F)cc2)CC1. The molecule has 0 atom stereocenters. The largest absolute Gasteiger partial charge is 0.385 e. The number of benzene rings is 1. The molecule has 0 heterocycles. The summed E-state index contributed by atoms with van der Waals surface area (Å²) in [7, 11) is 0. The fraction of sp³-hybridized carbons (Fsp3) is 0.647. The van der Waals surface area contributed by atoms with E-state index < -0.39 is 0 Å². The maximum absolute atomic E-state index is 12.7. The van der Waals surface area contributed by atoms with Crippen LogP contribution in [0.15, 0.2) is 24.3 Å². The summed E-state index contributed by atoms with van der Waals surface area (Å²) in [6.45, 7) is 3.37. The van der Waals surface area contributed by atoms with Gasteiger partial charge in [0.2, 0.25) is 0 Å². The van der Waals surface area contributed by atoms with Crippen LogP contribution >= 0.6 is 0 Å². The predicted molar refractivity (Wildman–Crippen MR) is 79.9 cm³/mol. The third kappa shape index (κ3) is 5.22. The van der Waals surface area contributed by atoms with Crippen LogP contribution < -0.4 is 5.32 Å². The van der Waals surface area contributed by atoms with Crippen molar-refractivity contribution in [3.63, 3.8) is 0 Å². The minimum Gasteiger partial charge on any atom is -0.385 e. The van der Waals surface area contributed by atoms with Crippen molar-refractivity contribution in [2.75, 3.05) is 11.9 Å². The predicted octanol–water partition coefficient (Wildman–Crippen LogP) is 5.23. The van der Waals surface area contributed by atoms with Gasteiger partial charge in [-0.1, -0.05) is 45.4 Å². The first-order chi connectivity index (χ1) is 9.24. The molecule has 1 aliphatic rings. The molecule has 1 aliphatic carbocycles. The van der Waals surface area contributed by atoms with Crippen LogP contribution in [-0.2, 0) is 0 Å². The van der Waals surface area contributed by atoms with Gasteiger partial charge < -0.3 is 5.32 Å². The van der Waals surface area contributed by atoms with E-state index in [0.29, 0.717) is 0 Å². The molecular weight excluding hydrogens is 237 g/mol. The first-order valence-corrected chi connectivity index (χ1v) is 7.73. The van der Waals surface area contributed by atoms with E-state index in [-0.39, 0.29) is 5.82 Å². The van der Waals surface area contributed by atoms with Gasteiger partial charge in [-0.15, -0.1) is 0 Å². The molecule has 0 radical (unpaired) electrons. The van der Waals surface area contributed by atoms with Gasteiger partial charge in [0, 0.05) is 12.2 Å². The zero-order valence-corrected chi connectivity index (χ0v) is 12.0. The minimum absolute atomic E-state index is 0.169. The second-order valence-electron chi connectivity index (χ2n) is 6.06. The third-order valence-corrected chi connectivity index (χ3v) is 4.35. The maximum atomic E-state index is 12.7. The number of rotatable bonds is 6. The van der Waals surface area contributed by atoms with Crippen molar-refractivity contribution >= 4 is 5.69 Å². The molecule has 1 nitrogen and oxygen atoms in total. The number of hydrogen-bond donors (Lipinski definition) is 1. The minimum atomic E-state index is -0.169. The number of unbranched alkanes of at least 4 members (excludes halogenated alkanes) is 1. The van der Waals surface area contributed by atoms with Gasteiger partial charge in [-0.3, -0.25) is 0 Å². The Morgan fingerprint density at radius 1 is 1.05 bits per heavy atom. The molecule has 1 fully saturated rings. The van der Waals surface area contributed by atoms with Crippen molar-refractivity contribution in [3.05, 3.63) is 30.1 Å². The highest BCUT2D eigenvalue weighted by atomic mass is 19.1. The molecule has 0 aromatic heterocycles. The fourth-order valence-electron chi connectivity index (χ4n) is 2.98. The summed E-state index contributed by atoms with van der Waals surface area (Å²) in [6, 6.07) is 6.62. The quantitative estimate of drug-likeness (QED) is 0.693. The van der Waals surface area contributed by atoms with Gasteiger partial charge in [0.05, 0.1) is 0 Å². The van der Waals surface area contributed by atoms with Crippen molar-refractivity contribution in [3.8, 4) is 0 Å². The van der Waals surface area contributed by atoms with E-state index in [0.717, 1.165) is 24.1 Å². The molecule has 2 heteroatoms. The van der Waals surface area contributed by atoms with Gasteiger partial charge in [0.25, 0.3) is 0 Å². The molecule has 0 spiro atoms. The summed E-state index contributed by atoms with van der Waals surface area (Å²) in [5.41, 5.74) is 1.02. The Balaban J connectivity index is 1.53. The first kappa shape index (κ1) is 14.4. The highest BCUT2D eigenvalue weighted by molar-refractivity contribution is 5.42. The smallest absolute Gasteiger partial charge is 0.123 e. The summed E-state index contributed by atoms with van der Waals surface area (Å²) >= 11 is 0. The van der Waals surface area contributed by atoms with Crippen molar-refractivity contribution in [1.82, 2.24) is 0 Å². The van der Waals surface area contributed by atoms with Crippen molar-refractivity contribution in [2.24, 2.45) is 11.8 Å². The molecule has 1 N–H and O–H groups in total. The van der Waals surface area contributed by atoms with E-state index in [1.165, 1.54) is 57.1 Å². The fourth-order valence-corrected chi connectivity index (χ4v) is 2.98. The summed E-state index contributed by atoms with van der Waals surface area (Å²) < 4.78 is 12.7. The Bertz CT molecular complexity index is 352. The number of nitrogens with one attached hydrogen (secondary N) is 1. The molecule has 106 valence electrons. The van der Waals surface area contributed by atoms with Gasteiger partial charge in [0.1, 0.15) is 5.82 Å². The summed E-state index contributed by atoms with van der Waals surface area (Å²) in [5.74, 6) is 1.76. The zero-order valence-electron chi connectivity index (χ0n) is 12.0. The lowest BCUT2D eigenvalue weighted by Crippen LogP contribution is -2.12. The summed E-state index contributed by atoms with van der Waals surface area (Å²) in [6.07, 6.45) is 9.64. The summed E-state index contributed by atoms with van der Waals surface area (Å²) in [5, 5.41) is 3.35. The van der Waals surface area contributed by atoms with E-state index in [1.54, 1.807) is 12.1 Å². The van der Waals surface area contributed by atoms with Crippen LogP contribution in [0.4, 0.5) is 10.1 Å². The van der Waals surface area contributed by atoms with Crippen LogP contribution in [0.5, 0.6) is 0 Å². The lowest BCUT2D eigenvalue weighted by molar-refractivity contribution is 0.273. The topological polar surface area (TPSA) is 12.0 Å². The Hall–Kier alpha value is -1.05. The van der Waals surface area contributed by atoms with E-state index in [1.807, 2.05) is 0 Å². The van der Waals surface area contributed by atoms with E-state index >= 15 is 0 Å². The van der Waals surface area contributed by atoms with Crippen molar-refractivity contribution < 1.29 is 4.39 Å². The highest BCUT2D eigenvalue weighted by Gasteiger charge is 2.17. The normalized spacial score (nSPS) is 23.3. The van der Waals surface area contributed by atoms with Crippen LogP contribution in [0.3, 0.4) is 0 Å². The third-order valence-electron chi connectivity index (χ3n) is 4.35. The molecule has 2 rings (SSSR count). The average Bonchev–Trinajstić information content (AvgIpc) is 2.43. The number of anilines is 1. The molecule has 0 amide bonds. The average molecular weight is 263 g/mol. The van der Waals surface area contributed by atoms with Crippen LogP contribution in [0.2, 0.25) is 0 Å². The highest BCUT2D eigenvalue weighted by Crippen LogP contribution is 2.31. The maximum Gasteiger partial charge on any atom is 0.123 e. The molecule has 0 aliphatic heterocycles. The molecule has 1 saturated carbocycles. The van der Waals surface area contributed by atoms with Crippen LogP contribution in [-0.4, -0.2) is 6.54 Å². The van der Waals surface area contributed by atoms with Gasteiger partial charge in [-0.25, -0.2) is 4.39 Å². The van der Waals surface area contributed by atoms with Crippen LogP contribution in [0.25, 0.3) is 0 Å². The molecule has 19 heavy (non-hydrogen) atoms. The Labute approximate surface area is 116 Å². The number of halogens is 1. The lowest BCUT2D eigenvalue weighted by atomic mass is 9.81. The van der Waals surface area contributed by atoms with Crippen molar-refractivity contribution in [2.45, 2.75) is 51.9 Å². The van der Waals surface area contributed by atoms with Gasteiger partial charge in [-0.2, -0.15) is 0 Å². The van der Waals surface area contributed by atoms with E-state index in [4.69, 9.17) is 0 Å². The van der Waals surface area contributed by atoms with Gasteiger partial charge in [0.15, 0.2) is 0 Å². The molecular formula is C17H26FN. The van der Waals surface area contributed by atoms with Crippen LogP contribution in [0, 0.1) is 17.7 Å². The molecule has 0 unspecified atom stereocenters. The second kappa shape index (κ2) is 7.52. The molecule has 0 saturated heterocycles. The Morgan fingerprint density at radius 3 is 2.42 bits per heavy atom. The van der Waals surface area contributed by atoms with E-state index in [9.17, 15) is 4.39 Å². The van der Waals surface area contributed by atoms with Gasteiger partial charge >= 0.3 is 0 Å². The molecule has 1 aromatic carbocycles. The lowest BCUT2D eigenvalue weighted by Gasteiger charge is -2.26. The van der Waals surface area contributed by atoms with Crippen molar-refractivity contribution in [1.29, 1.82) is 0 Å². The monoisotopic (exact) mass is 263 g/mol. The Morgan fingerprint density at radius 2 is 1.74 bits per heavy atom. The number of hydrogen-bond acceptors (Lipinski definition) is 1. The zero-order chi connectivity index (χ0) is 13.5. The summed E-state index contributed by atoms with van der Waals surface area (Å²) in [4.78, 5) is 0. The van der Waals surface area contributed by atoms with Crippen LogP contribution in [0.1, 0.15) is 51.9 Å². The first-order valence-electron chi connectivity index (χ1n) is 7.73. The van der Waals surface area contributed by atoms with E-state index in [2.05, 4.69) is 12.2 Å². The standard InChI is InChI=1S/C17H26FN/c1-14-5-7-15(8-6-14)4-2-3-13-19-17-11-9-16(18)10-12-17/h9-12,14-15,19H,2-8,13H2,1H3. The van der Waals surface area contributed by atoms with Gasteiger partial charge in [-0.05, 0) is 42.5 Å². The Kier molecular flexibility index (Phi) is 5.68. The second-order valence-corrected chi connectivity index (χ2v) is 6.06. The molecule has 0 bridgehead atoms.